The van der Waals surface area contributed by atoms with E-state index in [0.717, 1.165) is 45.4 Å². The van der Waals surface area contributed by atoms with Gasteiger partial charge in [0.2, 0.25) is 0 Å². The summed E-state index contributed by atoms with van der Waals surface area (Å²) in [6.07, 6.45) is 11.0. The summed E-state index contributed by atoms with van der Waals surface area (Å²) >= 11 is 0. The number of carbonyl (C=O) groups excluding carboxylic acids is 1. The summed E-state index contributed by atoms with van der Waals surface area (Å²) in [6.45, 7) is 3.61. The highest BCUT2D eigenvalue weighted by Crippen LogP contribution is 2.25. The van der Waals surface area contributed by atoms with E-state index in [1.54, 1.807) is 30.6 Å². The van der Waals surface area contributed by atoms with Gasteiger partial charge < -0.3 is 20.2 Å². The number of carbonyl (C=O) groups is 1. The zero-order valence-corrected chi connectivity index (χ0v) is 19.4. The number of amides is 1. The van der Waals surface area contributed by atoms with Gasteiger partial charge in [-0.05, 0) is 62.7 Å². The van der Waals surface area contributed by atoms with E-state index in [1.165, 1.54) is 22.4 Å². The second-order valence-corrected chi connectivity index (χ2v) is 9.07. The number of benzene rings is 1. The Hall–Kier alpha value is -3.65. The maximum atomic E-state index is 13.2. The quantitative estimate of drug-likeness (QED) is 0.727. The fourth-order valence-corrected chi connectivity index (χ4v) is 4.67. The lowest BCUT2D eigenvalue weighted by atomic mass is 9.99. The molecule has 1 saturated heterocycles. The molecule has 0 radical (unpaired) electrons. The SMILES string of the molecule is CN1CCC(Nc2cc(C(=O)N3C=CC(O)=C(N4CCc5ccccc5C4)C=C3)ncn2)CC1. The summed E-state index contributed by atoms with van der Waals surface area (Å²) in [7, 11) is 2.13. The molecule has 34 heavy (non-hydrogen) atoms. The molecular weight excluding hydrogens is 428 g/mol. The molecule has 8 nitrogen and oxygen atoms in total. The van der Waals surface area contributed by atoms with Gasteiger partial charge in [-0.2, -0.15) is 0 Å². The minimum absolute atomic E-state index is 0.137. The van der Waals surface area contributed by atoms with Gasteiger partial charge in [0.15, 0.2) is 0 Å². The van der Waals surface area contributed by atoms with Gasteiger partial charge in [0.05, 0.1) is 5.70 Å². The van der Waals surface area contributed by atoms with Gasteiger partial charge in [-0.1, -0.05) is 24.3 Å². The fraction of sp³-hybridized carbons (Fsp3) is 0.346. The van der Waals surface area contributed by atoms with Crippen molar-refractivity contribution in [1.29, 1.82) is 0 Å². The molecule has 0 unspecified atom stereocenters. The molecule has 5 rings (SSSR count). The molecule has 4 heterocycles. The third kappa shape index (κ3) is 4.82. The molecule has 2 N–H and O–H groups in total. The minimum Gasteiger partial charge on any atom is -0.506 e. The number of aromatic nitrogens is 2. The van der Waals surface area contributed by atoms with Gasteiger partial charge in [0.1, 0.15) is 23.6 Å². The van der Waals surface area contributed by atoms with Crippen LogP contribution in [0.15, 0.2) is 72.7 Å². The normalized spacial score (nSPS) is 19.2. The lowest BCUT2D eigenvalue weighted by Crippen LogP contribution is -2.37. The van der Waals surface area contributed by atoms with Crippen LogP contribution in [-0.2, 0) is 13.0 Å². The molecule has 0 saturated carbocycles. The van der Waals surface area contributed by atoms with E-state index >= 15 is 0 Å². The molecule has 2 aromatic rings. The van der Waals surface area contributed by atoms with Crippen molar-refractivity contribution in [3.05, 3.63) is 89.5 Å². The Morgan fingerprint density at radius 1 is 1.06 bits per heavy atom. The highest BCUT2D eigenvalue weighted by molar-refractivity contribution is 5.94. The maximum absolute atomic E-state index is 13.2. The van der Waals surface area contributed by atoms with Crippen LogP contribution in [0.5, 0.6) is 0 Å². The summed E-state index contributed by atoms with van der Waals surface area (Å²) in [5.74, 6) is 0.516. The summed E-state index contributed by atoms with van der Waals surface area (Å²) in [4.78, 5) is 27.6. The summed E-state index contributed by atoms with van der Waals surface area (Å²) < 4.78 is 0. The molecule has 3 aliphatic rings. The highest BCUT2D eigenvalue weighted by atomic mass is 16.3. The molecule has 0 atom stereocenters. The van der Waals surface area contributed by atoms with Crippen LogP contribution in [0.1, 0.15) is 34.5 Å². The Bertz CT molecular complexity index is 1150. The Morgan fingerprint density at radius 3 is 2.65 bits per heavy atom. The highest BCUT2D eigenvalue weighted by Gasteiger charge is 2.22. The molecule has 1 fully saturated rings. The second kappa shape index (κ2) is 9.69. The number of aliphatic hydroxyl groups is 1. The number of piperidine rings is 1. The maximum Gasteiger partial charge on any atom is 0.280 e. The van der Waals surface area contributed by atoms with Gasteiger partial charge in [-0.15, -0.1) is 0 Å². The first-order chi connectivity index (χ1) is 16.6. The van der Waals surface area contributed by atoms with Crippen molar-refractivity contribution >= 4 is 11.7 Å². The van der Waals surface area contributed by atoms with Gasteiger partial charge in [0.25, 0.3) is 5.91 Å². The van der Waals surface area contributed by atoms with Crippen molar-refractivity contribution in [2.75, 3.05) is 32.0 Å². The standard InChI is InChI=1S/C26H30N6O2/c1-30-11-7-21(8-12-30)29-25-16-22(27-18-28-25)26(34)31-14-9-23(24(33)10-15-31)32-13-6-19-4-2-3-5-20(19)17-32/h2-5,9-10,14-16,18,21,33H,6-8,11-13,17H2,1H3,(H,27,28,29). The van der Waals surface area contributed by atoms with E-state index in [9.17, 15) is 9.90 Å². The number of allylic oxidation sites excluding steroid dienone is 2. The van der Waals surface area contributed by atoms with Crippen molar-refractivity contribution in [1.82, 2.24) is 24.7 Å². The van der Waals surface area contributed by atoms with Crippen LogP contribution >= 0.6 is 0 Å². The molecular formula is C26H30N6O2. The Kier molecular flexibility index (Phi) is 6.31. The number of hydrogen-bond acceptors (Lipinski definition) is 7. The lowest BCUT2D eigenvalue weighted by molar-refractivity contribution is 0.0864. The molecule has 8 heteroatoms. The van der Waals surface area contributed by atoms with E-state index in [2.05, 4.69) is 50.3 Å². The van der Waals surface area contributed by atoms with E-state index in [-0.39, 0.29) is 11.7 Å². The number of likely N-dealkylation sites (tertiary alicyclic amines) is 1. The van der Waals surface area contributed by atoms with E-state index < -0.39 is 0 Å². The van der Waals surface area contributed by atoms with Crippen LogP contribution in [0, 0.1) is 0 Å². The molecule has 1 amide bonds. The third-order valence-electron chi connectivity index (χ3n) is 6.71. The fourth-order valence-electron chi connectivity index (χ4n) is 4.67. The number of nitrogens with one attached hydrogen (secondary N) is 1. The topological polar surface area (TPSA) is 84.8 Å². The number of nitrogens with zero attached hydrogens (tertiary/aromatic N) is 5. The number of rotatable bonds is 4. The van der Waals surface area contributed by atoms with Gasteiger partial charge in [-0.3, -0.25) is 9.69 Å². The van der Waals surface area contributed by atoms with Crippen molar-refractivity contribution in [3.8, 4) is 0 Å². The summed E-state index contributed by atoms with van der Waals surface area (Å²) in [5.41, 5.74) is 3.61. The summed E-state index contributed by atoms with van der Waals surface area (Å²) in [6, 6.07) is 10.4. The monoisotopic (exact) mass is 458 g/mol. The third-order valence-corrected chi connectivity index (χ3v) is 6.71. The van der Waals surface area contributed by atoms with Gasteiger partial charge in [0, 0.05) is 37.6 Å². The van der Waals surface area contributed by atoms with Crippen molar-refractivity contribution < 1.29 is 9.90 Å². The lowest BCUT2D eigenvalue weighted by Gasteiger charge is -2.31. The number of aliphatic hydroxyl groups excluding tert-OH is 1. The van der Waals surface area contributed by atoms with E-state index in [0.29, 0.717) is 23.3 Å². The molecule has 0 spiro atoms. The van der Waals surface area contributed by atoms with Crippen LogP contribution in [-0.4, -0.2) is 68.4 Å². The first kappa shape index (κ1) is 22.2. The Labute approximate surface area is 199 Å². The molecule has 0 bridgehead atoms. The van der Waals surface area contributed by atoms with Gasteiger partial charge >= 0.3 is 0 Å². The van der Waals surface area contributed by atoms with Gasteiger partial charge in [-0.25, -0.2) is 9.97 Å². The van der Waals surface area contributed by atoms with E-state index in [4.69, 9.17) is 0 Å². The average Bonchev–Trinajstić information content (AvgIpc) is 3.06. The number of fused-ring (bicyclic) bond motifs is 1. The Morgan fingerprint density at radius 2 is 1.82 bits per heavy atom. The minimum atomic E-state index is -0.278. The van der Waals surface area contributed by atoms with Crippen LogP contribution in [0.25, 0.3) is 0 Å². The molecule has 0 aliphatic carbocycles. The zero-order chi connectivity index (χ0) is 23.5. The molecule has 1 aromatic heterocycles. The van der Waals surface area contributed by atoms with Crippen LogP contribution in [0.2, 0.25) is 0 Å². The zero-order valence-electron chi connectivity index (χ0n) is 19.4. The first-order valence-corrected chi connectivity index (χ1v) is 11.8. The predicted molar refractivity (Wildman–Crippen MR) is 131 cm³/mol. The van der Waals surface area contributed by atoms with Crippen molar-refractivity contribution in [2.24, 2.45) is 0 Å². The Balaban J connectivity index is 1.28. The van der Waals surface area contributed by atoms with E-state index in [1.807, 2.05) is 6.07 Å². The summed E-state index contributed by atoms with van der Waals surface area (Å²) in [5, 5.41) is 14.1. The molecule has 176 valence electrons. The van der Waals surface area contributed by atoms with Crippen molar-refractivity contribution in [3.63, 3.8) is 0 Å². The first-order valence-electron chi connectivity index (χ1n) is 11.8. The average molecular weight is 459 g/mol. The number of hydrogen-bond donors (Lipinski definition) is 2. The van der Waals surface area contributed by atoms with Crippen LogP contribution in [0.4, 0.5) is 5.82 Å². The smallest absolute Gasteiger partial charge is 0.280 e. The van der Waals surface area contributed by atoms with Crippen molar-refractivity contribution in [2.45, 2.75) is 31.8 Å². The second-order valence-electron chi connectivity index (χ2n) is 9.07. The van der Waals surface area contributed by atoms with Crippen LogP contribution in [0.3, 0.4) is 0 Å². The molecule has 1 aromatic carbocycles. The number of anilines is 1. The largest absolute Gasteiger partial charge is 0.506 e. The van der Waals surface area contributed by atoms with Crippen LogP contribution < -0.4 is 5.32 Å². The predicted octanol–water partition coefficient (Wildman–Crippen LogP) is 3.29. The molecule has 3 aliphatic heterocycles.